The number of hydrogen-bond donors (Lipinski definition) is 0. The summed E-state index contributed by atoms with van der Waals surface area (Å²) in [7, 11) is -2.75. The molecule has 0 unspecified atom stereocenters. The van der Waals surface area contributed by atoms with E-state index in [-0.39, 0.29) is 0 Å². The molecular formula is C54H37N5Si. The lowest BCUT2D eigenvalue weighted by molar-refractivity contribution is 0.987. The lowest BCUT2D eigenvalue weighted by Crippen LogP contribution is -2.74. The zero-order valence-corrected chi connectivity index (χ0v) is 33.6. The quantitative estimate of drug-likeness (QED) is 0.119. The van der Waals surface area contributed by atoms with Crippen molar-refractivity contribution in [2.45, 2.75) is 0 Å². The summed E-state index contributed by atoms with van der Waals surface area (Å²) < 4.78 is 6.84. The van der Waals surface area contributed by atoms with Gasteiger partial charge in [-0.1, -0.05) is 170 Å². The van der Waals surface area contributed by atoms with Gasteiger partial charge in [0, 0.05) is 33.7 Å². The van der Waals surface area contributed by atoms with E-state index < -0.39 is 8.07 Å². The summed E-state index contributed by atoms with van der Waals surface area (Å²) in [5.41, 5.74) is 7.40. The van der Waals surface area contributed by atoms with E-state index in [0.717, 1.165) is 50.4 Å². The number of nitrogens with zero attached hydrogens (tertiary/aromatic N) is 5. The normalized spacial score (nSPS) is 12.0. The summed E-state index contributed by atoms with van der Waals surface area (Å²) in [6.45, 7) is 0. The zero-order valence-electron chi connectivity index (χ0n) is 32.6. The van der Waals surface area contributed by atoms with Crippen molar-refractivity contribution in [1.82, 2.24) is 23.7 Å². The third kappa shape index (κ3) is 5.11. The smallest absolute Gasteiger partial charge is 0.179 e. The van der Waals surface area contributed by atoms with Gasteiger partial charge in [-0.15, -0.1) is 0 Å². The molecule has 0 saturated heterocycles. The summed E-state index contributed by atoms with van der Waals surface area (Å²) >= 11 is 0. The second-order valence-electron chi connectivity index (χ2n) is 15.4. The van der Waals surface area contributed by atoms with Crippen molar-refractivity contribution in [3.8, 4) is 17.3 Å². The lowest BCUT2D eigenvalue weighted by Gasteiger charge is -2.34. The van der Waals surface area contributed by atoms with Crippen LogP contribution in [0.4, 0.5) is 0 Å². The fourth-order valence-electron chi connectivity index (χ4n) is 9.71. The monoisotopic (exact) mass is 783 g/mol. The molecule has 6 heteroatoms. The van der Waals surface area contributed by atoms with Crippen molar-refractivity contribution in [1.29, 1.82) is 0 Å². The Bertz CT molecular complexity index is 3210. The van der Waals surface area contributed by atoms with Crippen LogP contribution in [0.15, 0.2) is 225 Å². The molecule has 12 rings (SSSR count). The van der Waals surface area contributed by atoms with Gasteiger partial charge >= 0.3 is 0 Å². The van der Waals surface area contributed by atoms with Gasteiger partial charge in [0.15, 0.2) is 8.07 Å². The van der Waals surface area contributed by atoms with Crippen LogP contribution in [0.1, 0.15) is 0 Å². The molecular weight excluding hydrogens is 747 g/mol. The van der Waals surface area contributed by atoms with E-state index >= 15 is 0 Å². The Morgan fingerprint density at radius 2 is 0.717 bits per heavy atom. The Morgan fingerprint density at radius 3 is 1.13 bits per heavy atom. The molecule has 8 aromatic carbocycles. The first-order valence-electron chi connectivity index (χ1n) is 20.4. The van der Waals surface area contributed by atoms with Crippen LogP contribution in [-0.2, 0) is 0 Å². The van der Waals surface area contributed by atoms with Gasteiger partial charge in [-0.3, -0.25) is 13.7 Å². The molecule has 0 aliphatic carbocycles. The lowest BCUT2D eigenvalue weighted by atomic mass is 10.2. The van der Waals surface area contributed by atoms with Gasteiger partial charge in [-0.25, -0.2) is 9.97 Å². The predicted octanol–water partition coefficient (Wildman–Crippen LogP) is 9.99. The number of imidazole rings is 1. The highest BCUT2D eigenvalue weighted by molar-refractivity contribution is 7.20. The van der Waals surface area contributed by atoms with Crippen LogP contribution in [0.2, 0.25) is 0 Å². The number of pyridine rings is 1. The first-order chi connectivity index (χ1) is 29.8. The largest absolute Gasteiger partial charge is 0.299 e. The fourth-order valence-corrected chi connectivity index (χ4v) is 14.5. The molecule has 60 heavy (non-hydrogen) atoms. The molecule has 0 radical (unpaired) electrons. The highest BCUT2D eigenvalue weighted by atomic mass is 28.3. The van der Waals surface area contributed by atoms with Crippen LogP contribution >= 0.6 is 0 Å². The average Bonchev–Trinajstić information content (AvgIpc) is 4.01. The van der Waals surface area contributed by atoms with Gasteiger partial charge in [0.05, 0.1) is 38.8 Å². The van der Waals surface area contributed by atoms with E-state index in [1.807, 2.05) is 6.33 Å². The van der Waals surface area contributed by atoms with Gasteiger partial charge in [0.1, 0.15) is 18.0 Å². The predicted molar refractivity (Wildman–Crippen MR) is 251 cm³/mol. The van der Waals surface area contributed by atoms with Crippen molar-refractivity contribution in [3.63, 3.8) is 0 Å². The number of aromatic nitrogens is 5. The van der Waals surface area contributed by atoms with Crippen molar-refractivity contribution in [3.05, 3.63) is 225 Å². The zero-order chi connectivity index (χ0) is 39.6. The molecule has 0 aliphatic rings. The SMILES string of the molecule is c1ccc([Si](c2ccccc2)(c2ccccc2)c2ccc3c(c2)ncn3-c2cc(-n3c4ccccc4c4ccccc43)nc(-n3c4ccccc4c4ccccc43)c2)cc1. The van der Waals surface area contributed by atoms with Gasteiger partial charge in [0.25, 0.3) is 0 Å². The van der Waals surface area contributed by atoms with Gasteiger partial charge in [-0.05, 0) is 57.1 Å². The van der Waals surface area contributed by atoms with E-state index in [4.69, 9.17) is 9.97 Å². The Morgan fingerprint density at radius 1 is 0.333 bits per heavy atom. The van der Waals surface area contributed by atoms with E-state index in [1.54, 1.807) is 0 Å². The molecule has 0 N–H and O–H groups in total. The minimum absolute atomic E-state index is 0.837. The van der Waals surface area contributed by atoms with Crippen molar-refractivity contribution in [2.24, 2.45) is 0 Å². The molecule has 5 nitrogen and oxygen atoms in total. The van der Waals surface area contributed by atoms with E-state index in [2.05, 4.69) is 232 Å². The summed E-state index contributed by atoms with van der Waals surface area (Å²) in [4.78, 5) is 10.7. The Kier molecular flexibility index (Phi) is 7.80. The molecule has 4 heterocycles. The standard InChI is InChI=1S/C54H37N5Si/c1-4-18-39(19-5-1)60(40-20-6-2-7-21-40,41-22-8-3-9-23-41)42-32-33-52-47(36-42)55-37-57(52)38-34-53(58-48-28-14-10-24-43(48)44-25-11-15-29-49(44)58)56-54(35-38)59-50-30-16-12-26-45(50)46-27-13-17-31-51(46)59/h1-37H. The maximum atomic E-state index is 5.55. The van der Waals surface area contributed by atoms with Crippen LogP contribution in [0.25, 0.3) is 72.0 Å². The number of hydrogen-bond acceptors (Lipinski definition) is 2. The molecule has 0 spiro atoms. The van der Waals surface area contributed by atoms with Crippen molar-refractivity contribution >= 4 is 83.5 Å². The highest BCUT2D eigenvalue weighted by Crippen LogP contribution is 2.35. The number of fused-ring (bicyclic) bond motifs is 7. The summed E-state index contributed by atoms with van der Waals surface area (Å²) in [6, 6.07) is 79.1. The maximum absolute atomic E-state index is 5.55. The summed E-state index contributed by atoms with van der Waals surface area (Å²) in [6.07, 6.45) is 1.98. The topological polar surface area (TPSA) is 40.6 Å². The molecule has 12 aromatic rings. The van der Waals surface area contributed by atoms with Crippen molar-refractivity contribution < 1.29 is 0 Å². The van der Waals surface area contributed by atoms with Crippen LogP contribution in [0.3, 0.4) is 0 Å². The van der Waals surface area contributed by atoms with Crippen LogP contribution in [0.5, 0.6) is 0 Å². The average molecular weight is 784 g/mol. The number of rotatable bonds is 7. The summed E-state index contributed by atoms with van der Waals surface area (Å²) in [5.74, 6) is 1.67. The minimum atomic E-state index is -2.75. The van der Waals surface area contributed by atoms with Crippen molar-refractivity contribution in [2.75, 3.05) is 0 Å². The minimum Gasteiger partial charge on any atom is -0.299 e. The Labute approximate surface area is 347 Å². The maximum Gasteiger partial charge on any atom is 0.179 e. The van der Waals surface area contributed by atoms with Crippen LogP contribution < -0.4 is 20.7 Å². The van der Waals surface area contributed by atoms with Gasteiger partial charge < -0.3 is 0 Å². The first-order valence-corrected chi connectivity index (χ1v) is 22.4. The molecule has 0 bridgehead atoms. The van der Waals surface area contributed by atoms with Gasteiger partial charge in [-0.2, -0.15) is 0 Å². The molecule has 0 atom stereocenters. The third-order valence-electron chi connectivity index (χ3n) is 12.3. The second-order valence-corrected chi connectivity index (χ2v) is 19.3. The molecule has 0 fully saturated rings. The molecule has 0 saturated carbocycles. The van der Waals surface area contributed by atoms with E-state index in [0.29, 0.717) is 0 Å². The second kappa shape index (κ2) is 13.7. The Hall–Kier alpha value is -7.80. The molecule has 0 aliphatic heterocycles. The van der Waals surface area contributed by atoms with E-state index in [1.165, 1.54) is 42.3 Å². The number of para-hydroxylation sites is 4. The molecule has 4 aromatic heterocycles. The summed E-state index contributed by atoms with van der Waals surface area (Å²) in [5, 5.41) is 10.1. The highest BCUT2D eigenvalue weighted by Gasteiger charge is 2.41. The molecule has 0 amide bonds. The van der Waals surface area contributed by atoms with E-state index in [9.17, 15) is 0 Å². The third-order valence-corrected chi connectivity index (χ3v) is 17.1. The Balaban J connectivity index is 1.12. The van der Waals surface area contributed by atoms with Crippen LogP contribution in [0, 0.1) is 0 Å². The van der Waals surface area contributed by atoms with Crippen LogP contribution in [-0.4, -0.2) is 31.7 Å². The first kappa shape index (κ1) is 34.3. The van der Waals surface area contributed by atoms with Gasteiger partial charge in [0.2, 0.25) is 0 Å². The fraction of sp³-hybridized carbons (Fsp3) is 0. The number of benzene rings is 8. The molecule has 282 valence electrons.